The molecule has 0 saturated carbocycles. The van der Waals surface area contributed by atoms with Gasteiger partial charge in [0.2, 0.25) is 0 Å². The number of hydrogen-bond donors (Lipinski definition) is 0. The lowest BCUT2D eigenvalue weighted by Crippen LogP contribution is -2.02. The van der Waals surface area contributed by atoms with Crippen LogP contribution >= 0.6 is 0 Å². The van der Waals surface area contributed by atoms with Gasteiger partial charge in [-0.2, -0.15) is 0 Å². The zero-order chi connectivity index (χ0) is 8.55. The maximum Gasteiger partial charge on any atom is 0.341 e. The molecule has 12 heavy (non-hydrogen) atoms. The Balaban J connectivity index is 2.39. The minimum atomic E-state index is -0.370. The number of hydrogen-bond acceptors (Lipinski definition) is 4. The zero-order valence-electron chi connectivity index (χ0n) is 6.62. The normalized spacial score (nSPS) is 14.4. The molecule has 1 aromatic heterocycles. The predicted molar refractivity (Wildman–Crippen MR) is 38.5 cm³/mol. The molecule has 1 aromatic rings. The van der Waals surface area contributed by atoms with Gasteiger partial charge in [0.25, 0.3) is 0 Å². The average Bonchev–Trinajstić information content (AvgIpc) is 2.62. The third-order valence-corrected chi connectivity index (χ3v) is 1.87. The topological polar surface area (TPSA) is 48.7 Å². The van der Waals surface area contributed by atoms with E-state index < -0.39 is 0 Å². The maximum absolute atomic E-state index is 11.1. The molecule has 4 heteroatoms. The van der Waals surface area contributed by atoms with E-state index in [1.165, 1.54) is 13.4 Å². The van der Waals surface area contributed by atoms with Gasteiger partial charge >= 0.3 is 5.97 Å². The Labute approximate surface area is 69.1 Å². The molecule has 4 nitrogen and oxygen atoms in total. The number of methoxy groups -OCH3 is 1. The van der Waals surface area contributed by atoms with Gasteiger partial charge in [-0.3, -0.25) is 0 Å². The number of ether oxygens (including phenoxy) is 2. The fourth-order valence-electron chi connectivity index (χ4n) is 1.23. The molecule has 0 N–H and O–H groups in total. The molecule has 0 bridgehead atoms. The Bertz CT molecular complexity index is 313. The van der Waals surface area contributed by atoms with Crippen molar-refractivity contribution in [2.24, 2.45) is 0 Å². The van der Waals surface area contributed by atoms with Gasteiger partial charge in [0, 0.05) is 5.56 Å². The Morgan fingerprint density at radius 3 is 3.17 bits per heavy atom. The Hall–Kier alpha value is -1.29. The number of fused-ring (bicyclic) bond motifs is 1. The highest BCUT2D eigenvalue weighted by Crippen LogP contribution is 2.25. The molecule has 0 aromatic carbocycles. The van der Waals surface area contributed by atoms with E-state index in [1.807, 2.05) is 0 Å². The first-order valence-corrected chi connectivity index (χ1v) is 3.58. The van der Waals surface area contributed by atoms with Crippen LogP contribution < -0.4 is 0 Å². The van der Waals surface area contributed by atoms with E-state index in [2.05, 4.69) is 4.74 Å². The molecule has 2 heterocycles. The fourth-order valence-corrected chi connectivity index (χ4v) is 1.23. The van der Waals surface area contributed by atoms with Crippen molar-refractivity contribution in [3.05, 3.63) is 23.2 Å². The van der Waals surface area contributed by atoms with Crippen LogP contribution in [0, 0.1) is 0 Å². The van der Waals surface area contributed by atoms with Gasteiger partial charge in [-0.25, -0.2) is 4.79 Å². The Morgan fingerprint density at radius 1 is 1.58 bits per heavy atom. The van der Waals surface area contributed by atoms with Gasteiger partial charge in [0.05, 0.1) is 13.7 Å². The van der Waals surface area contributed by atoms with Crippen molar-refractivity contribution in [2.75, 3.05) is 7.11 Å². The molecule has 1 aliphatic rings. The van der Waals surface area contributed by atoms with Gasteiger partial charge < -0.3 is 13.9 Å². The van der Waals surface area contributed by atoms with Crippen LogP contribution in [0.2, 0.25) is 0 Å². The molecule has 2 rings (SSSR count). The van der Waals surface area contributed by atoms with Crippen molar-refractivity contribution < 1.29 is 18.7 Å². The molecule has 0 unspecified atom stereocenters. The lowest BCUT2D eigenvalue weighted by atomic mass is 10.2. The summed E-state index contributed by atoms with van der Waals surface area (Å²) in [5, 5.41) is 0. The Morgan fingerprint density at radius 2 is 2.42 bits per heavy atom. The van der Waals surface area contributed by atoms with Crippen LogP contribution in [0.3, 0.4) is 0 Å². The van der Waals surface area contributed by atoms with E-state index in [4.69, 9.17) is 9.15 Å². The summed E-state index contributed by atoms with van der Waals surface area (Å²) in [6.45, 7) is 0.891. The summed E-state index contributed by atoms with van der Waals surface area (Å²) in [6, 6.07) is 0. The lowest BCUT2D eigenvalue weighted by molar-refractivity contribution is 0.0593. The monoisotopic (exact) mass is 168 g/mol. The van der Waals surface area contributed by atoms with Crippen molar-refractivity contribution in [3.8, 4) is 0 Å². The summed E-state index contributed by atoms with van der Waals surface area (Å²) >= 11 is 0. The second-order valence-corrected chi connectivity index (χ2v) is 2.54. The Kier molecular flexibility index (Phi) is 1.62. The van der Waals surface area contributed by atoms with Crippen LogP contribution in [0.15, 0.2) is 10.7 Å². The van der Waals surface area contributed by atoms with Crippen LogP contribution in [0.1, 0.15) is 21.7 Å². The van der Waals surface area contributed by atoms with Crippen LogP contribution in [0.4, 0.5) is 0 Å². The van der Waals surface area contributed by atoms with Crippen LogP contribution in [-0.4, -0.2) is 13.1 Å². The van der Waals surface area contributed by atoms with Crippen LogP contribution in [-0.2, 0) is 22.7 Å². The molecule has 0 saturated heterocycles. The van der Waals surface area contributed by atoms with E-state index in [-0.39, 0.29) is 5.97 Å². The molecule has 1 aliphatic heterocycles. The molecule has 0 fully saturated rings. The summed E-state index contributed by atoms with van der Waals surface area (Å²) < 4.78 is 14.8. The van der Waals surface area contributed by atoms with Gasteiger partial charge in [-0.15, -0.1) is 0 Å². The van der Waals surface area contributed by atoms with E-state index in [9.17, 15) is 4.79 Å². The molecular weight excluding hydrogens is 160 g/mol. The fraction of sp³-hybridized carbons (Fsp3) is 0.375. The predicted octanol–water partition coefficient (Wildman–Crippen LogP) is 1.10. The van der Waals surface area contributed by atoms with Gasteiger partial charge in [0.15, 0.2) is 0 Å². The highest BCUT2D eigenvalue weighted by Gasteiger charge is 2.24. The van der Waals surface area contributed by atoms with Crippen molar-refractivity contribution >= 4 is 5.97 Å². The molecule has 0 amide bonds. The first-order valence-electron chi connectivity index (χ1n) is 3.58. The van der Waals surface area contributed by atoms with Gasteiger partial charge in [-0.1, -0.05) is 0 Å². The number of rotatable bonds is 1. The minimum absolute atomic E-state index is 0.370. The van der Waals surface area contributed by atoms with E-state index in [0.717, 1.165) is 11.3 Å². The number of esters is 1. The smallest absolute Gasteiger partial charge is 0.341 e. The number of furan rings is 1. The third kappa shape index (κ3) is 0.921. The molecule has 0 radical (unpaired) electrons. The second kappa shape index (κ2) is 2.64. The van der Waals surface area contributed by atoms with Crippen LogP contribution in [0.5, 0.6) is 0 Å². The van der Waals surface area contributed by atoms with Crippen molar-refractivity contribution in [1.82, 2.24) is 0 Å². The summed E-state index contributed by atoms with van der Waals surface area (Å²) in [7, 11) is 1.34. The summed E-state index contributed by atoms with van der Waals surface area (Å²) in [5.41, 5.74) is 1.30. The van der Waals surface area contributed by atoms with Crippen LogP contribution in [0.25, 0.3) is 0 Å². The van der Waals surface area contributed by atoms with Crippen molar-refractivity contribution in [2.45, 2.75) is 13.2 Å². The number of carbonyl (C=O) groups excluding carboxylic acids is 1. The minimum Gasteiger partial charge on any atom is -0.466 e. The van der Waals surface area contributed by atoms with Gasteiger partial charge in [-0.05, 0) is 0 Å². The maximum atomic E-state index is 11.1. The summed E-state index contributed by atoms with van der Waals surface area (Å²) in [5.74, 6) is 0.362. The first kappa shape index (κ1) is 7.36. The van der Waals surface area contributed by atoms with Crippen molar-refractivity contribution in [1.29, 1.82) is 0 Å². The molecule has 0 spiro atoms. The second-order valence-electron chi connectivity index (χ2n) is 2.54. The summed E-state index contributed by atoms with van der Waals surface area (Å²) in [6.07, 6.45) is 1.42. The van der Waals surface area contributed by atoms with Crippen molar-refractivity contribution in [3.63, 3.8) is 0 Å². The van der Waals surface area contributed by atoms with E-state index >= 15 is 0 Å². The highest BCUT2D eigenvalue weighted by molar-refractivity contribution is 5.90. The largest absolute Gasteiger partial charge is 0.466 e. The average molecular weight is 168 g/mol. The lowest BCUT2D eigenvalue weighted by Gasteiger charge is -1.95. The van der Waals surface area contributed by atoms with E-state index in [1.54, 1.807) is 0 Å². The van der Waals surface area contributed by atoms with Gasteiger partial charge in [0.1, 0.15) is 24.2 Å². The zero-order valence-corrected chi connectivity index (χ0v) is 6.62. The standard InChI is InChI=1S/C8H8O4/c1-10-8(9)6-3-12-7-4-11-2-5(6)7/h3H,2,4H2,1H3. The molecule has 64 valence electrons. The summed E-state index contributed by atoms with van der Waals surface area (Å²) in [4.78, 5) is 11.1. The highest BCUT2D eigenvalue weighted by atomic mass is 16.5. The van der Waals surface area contributed by atoms with E-state index in [0.29, 0.717) is 18.8 Å². The first-order chi connectivity index (χ1) is 5.83. The molecular formula is C8H8O4. The number of carbonyl (C=O) groups is 1. The molecule has 0 aliphatic carbocycles. The third-order valence-electron chi connectivity index (χ3n) is 1.87. The molecule has 0 atom stereocenters. The SMILES string of the molecule is COC(=O)c1coc2c1COC2. The quantitative estimate of drug-likeness (QED) is 0.589.